The number of hydrogen-bond donors (Lipinski definition) is 2. The summed E-state index contributed by atoms with van der Waals surface area (Å²) < 4.78 is 1.80. The number of nitrogens with one attached hydrogen (secondary N) is 2. The van der Waals surface area contributed by atoms with E-state index >= 15 is 0 Å². The zero-order valence-corrected chi connectivity index (χ0v) is 15.9. The first-order chi connectivity index (χ1) is 13.6. The Morgan fingerprint density at radius 1 is 0.964 bits per heavy atom. The molecule has 0 spiro atoms. The molecule has 0 bridgehead atoms. The van der Waals surface area contributed by atoms with Crippen LogP contribution in [0.3, 0.4) is 0 Å². The Morgan fingerprint density at radius 2 is 1.75 bits per heavy atom. The number of hydrogen-bond acceptors (Lipinski definition) is 3. The molecule has 0 aliphatic heterocycles. The molecule has 0 fully saturated rings. The van der Waals surface area contributed by atoms with E-state index in [1.807, 2.05) is 61.7 Å². The average Bonchev–Trinajstić information content (AvgIpc) is 3.23. The normalized spacial score (nSPS) is 10.5. The predicted molar refractivity (Wildman–Crippen MR) is 108 cm³/mol. The molecule has 6 heteroatoms. The largest absolute Gasteiger partial charge is 0.356 e. The summed E-state index contributed by atoms with van der Waals surface area (Å²) in [5.41, 5.74) is 3.70. The number of amides is 2. The molecule has 3 aromatic rings. The highest BCUT2D eigenvalue weighted by molar-refractivity contribution is 5.95. The molecule has 0 aliphatic rings. The zero-order valence-electron chi connectivity index (χ0n) is 15.9. The third-order valence-corrected chi connectivity index (χ3v) is 4.47. The number of rotatable bonds is 8. The van der Waals surface area contributed by atoms with E-state index in [1.165, 1.54) is 0 Å². The molecule has 0 aliphatic carbocycles. The third-order valence-electron chi connectivity index (χ3n) is 4.47. The van der Waals surface area contributed by atoms with Crippen LogP contribution in [0, 0.1) is 6.92 Å². The topological polar surface area (TPSA) is 76.0 Å². The van der Waals surface area contributed by atoms with Gasteiger partial charge in [0.25, 0.3) is 5.91 Å². The van der Waals surface area contributed by atoms with Crippen molar-refractivity contribution >= 4 is 11.8 Å². The van der Waals surface area contributed by atoms with Crippen molar-refractivity contribution in [2.45, 2.75) is 19.8 Å². The van der Waals surface area contributed by atoms with Crippen LogP contribution < -0.4 is 10.6 Å². The van der Waals surface area contributed by atoms with Crippen molar-refractivity contribution < 1.29 is 9.59 Å². The summed E-state index contributed by atoms with van der Waals surface area (Å²) in [6.45, 7) is 2.77. The maximum absolute atomic E-state index is 12.1. The highest BCUT2D eigenvalue weighted by atomic mass is 16.2. The van der Waals surface area contributed by atoms with Crippen LogP contribution in [0.1, 0.15) is 27.9 Å². The molecule has 2 aromatic carbocycles. The molecule has 1 heterocycles. The van der Waals surface area contributed by atoms with Crippen LogP contribution in [0.25, 0.3) is 5.69 Å². The van der Waals surface area contributed by atoms with Gasteiger partial charge in [0.05, 0.1) is 5.69 Å². The lowest BCUT2D eigenvalue weighted by Crippen LogP contribution is -2.31. The smallest absolute Gasteiger partial charge is 0.251 e. The SMILES string of the molecule is Cc1ccccc1C(=O)NCCC(=O)NCCc1ccc(-n2cccn2)cc1. The fourth-order valence-corrected chi connectivity index (χ4v) is 2.88. The Hall–Kier alpha value is -3.41. The minimum absolute atomic E-state index is 0.0711. The van der Waals surface area contributed by atoms with Gasteiger partial charge < -0.3 is 10.6 Å². The summed E-state index contributed by atoms with van der Waals surface area (Å²) in [5.74, 6) is -0.221. The van der Waals surface area contributed by atoms with Gasteiger partial charge in [-0.1, -0.05) is 30.3 Å². The molecule has 2 N–H and O–H groups in total. The highest BCUT2D eigenvalue weighted by Crippen LogP contribution is 2.09. The van der Waals surface area contributed by atoms with Crippen molar-refractivity contribution in [2.24, 2.45) is 0 Å². The summed E-state index contributed by atoms with van der Waals surface area (Å²) in [6.07, 6.45) is 4.65. The molecular formula is C22H24N4O2. The molecule has 1 aromatic heterocycles. The first kappa shape index (κ1) is 19.4. The van der Waals surface area contributed by atoms with Gasteiger partial charge in [-0.25, -0.2) is 4.68 Å². The van der Waals surface area contributed by atoms with E-state index in [-0.39, 0.29) is 18.2 Å². The average molecular weight is 376 g/mol. The van der Waals surface area contributed by atoms with Crippen molar-refractivity contribution in [2.75, 3.05) is 13.1 Å². The highest BCUT2D eigenvalue weighted by Gasteiger charge is 2.08. The van der Waals surface area contributed by atoms with Gasteiger partial charge in [-0.15, -0.1) is 0 Å². The third kappa shape index (κ3) is 5.30. The minimum atomic E-state index is -0.150. The number of nitrogens with zero attached hydrogens (tertiary/aromatic N) is 2. The number of carbonyl (C=O) groups excluding carboxylic acids is 2. The van der Waals surface area contributed by atoms with E-state index in [2.05, 4.69) is 15.7 Å². The second kappa shape index (κ2) is 9.50. The van der Waals surface area contributed by atoms with Crippen LogP contribution in [0.2, 0.25) is 0 Å². The van der Waals surface area contributed by atoms with Gasteiger partial charge in [-0.05, 0) is 48.7 Å². The Labute approximate surface area is 164 Å². The molecule has 0 atom stereocenters. The molecule has 3 rings (SSSR count). The van der Waals surface area contributed by atoms with E-state index in [1.54, 1.807) is 16.9 Å². The Bertz CT molecular complexity index is 918. The van der Waals surface area contributed by atoms with Gasteiger partial charge in [0, 0.05) is 37.5 Å². The van der Waals surface area contributed by atoms with Crippen LogP contribution in [0.15, 0.2) is 67.0 Å². The van der Waals surface area contributed by atoms with Gasteiger partial charge in [-0.3, -0.25) is 9.59 Å². The molecule has 6 nitrogen and oxygen atoms in total. The first-order valence-electron chi connectivity index (χ1n) is 9.33. The van der Waals surface area contributed by atoms with Crippen LogP contribution in [0.4, 0.5) is 0 Å². The van der Waals surface area contributed by atoms with Crippen LogP contribution in [0.5, 0.6) is 0 Å². The Morgan fingerprint density at radius 3 is 2.46 bits per heavy atom. The molecule has 0 saturated carbocycles. The lowest BCUT2D eigenvalue weighted by Gasteiger charge is -2.09. The lowest BCUT2D eigenvalue weighted by molar-refractivity contribution is -0.120. The molecule has 144 valence electrons. The van der Waals surface area contributed by atoms with Gasteiger partial charge in [0.15, 0.2) is 0 Å². The van der Waals surface area contributed by atoms with Gasteiger partial charge in [0.2, 0.25) is 5.91 Å². The van der Waals surface area contributed by atoms with E-state index < -0.39 is 0 Å². The Kier molecular flexibility index (Phi) is 6.57. The van der Waals surface area contributed by atoms with Crippen molar-refractivity contribution in [1.29, 1.82) is 0 Å². The van der Waals surface area contributed by atoms with Gasteiger partial charge in [-0.2, -0.15) is 5.10 Å². The lowest BCUT2D eigenvalue weighted by atomic mass is 10.1. The van der Waals surface area contributed by atoms with E-state index in [0.29, 0.717) is 18.7 Å². The van der Waals surface area contributed by atoms with Gasteiger partial charge in [0.1, 0.15) is 0 Å². The summed E-state index contributed by atoms with van der Waals surface area (Å²) in [5, 5.41) is 9.88. The summed E-state index contributed by atoms with van der Waals surface area (Å²) in [6, 6.07) is 17.4. The predicted octanol–water partition coefficient (Wildman–Crippen LogP) is 2.66. The van der Waals surface area contributed by atoms with E-state index in [0.717, 1.165) is 23.2 Å². The monoisotopic (exact) mass is 376 g/mol. The van der Waals surface area contributed by atoms with Crippen molar-refractivity contribution in [3.05, 3.63) is 83.7 Å². The number of aromatic nitrogens is 2. The number of benzene rings is 2. The second-order valence-corrected chi connectivity index (χ2v) is 6.54. The second-order valence-electron chi connectivity index (χ2n) is 6.54. The standard InChI is InChI=1S/C22H24N4O2/c1-17-5-2-3-6-20(17)22(28)24-15-12-21(27)23-14-11-18-7-9-19(10-8-18)26-16-4-13-25-26/h2-10,13,16H,11-12,14-15H2,1H3,(H,23,27)(H,24,28). The minimum Gasteiger partial charge on any atom is -0.356 e. The zero-order chi connectivity index (χ0) is 19.8. The van der Waals surface area contributed by atoms with Crippen molar-refractivity contribution in [1.82, 2.24) is 20.4 Å². The fraction of sp³-hybridized carbons (Fsp3) is 0.227. The summed E-state index contributed by atoms with van der Waals surface area (Å²) in [7, 11) is 0. The van der Waals surface area contributed by atoms with Crippen LogP contribution >= 0.6 is 0 Å². The molecule has 28 heavy (non-hydrogen) atoms. The number of carbonyl (C=O) groups is 2. The van der Waals surface area contributed by atoms with Crippen LogP contribution in [-0.2, 0) is 11.2 Å². The fourth-order valence-electron chi connectivity index (χ4n) is 2.88. The van der Waals surface area contributed by atoms with Crippen molar-refractivity contribution in [3.63, 3.8) is 0 Å². The quantitative estimate of drug-likeness (QED) is 0.635. The Balaban J connectivity index is 1.35. The molecule has 0 saturated heterocycles. The van der Waals surface area contributed by atoms with E-state index in [4.69, 9.17) is 0 Å². The number of aryl methyl sites for hydroxylation is 1. The van der Waals surface area contributed by atoms with E-state index in [9.17, 15) is 9.59 Å². The molecule has 0 unspecified atom stereocenters. The summed E-state index contributed by atoms with van der Waals surface area (Å²) in [4.78, 5) is 24.1. The molecular weight excluding hydrogens is 352 g/mol. The van der Waals surface area contributed by atoms with Gasteiger partial charge >= 0.3 is 0 Å². The first-order valence-corrected chi connectivity index (χ1v) is 9.33. The van der Waals surface area contributed by atoms with Crippen LogP contribution in [-0.4, -0.2) is 34.7 Å². The summed E-state index contributed by atoms with van der Waals surface area (Å²) >= 11 is 0. The maximum Gasteiger partial charge on any atom is 0.251 e. The molecule has 0 radical (unpaired) electrons. The maximum atomic E-state index is 12.1. The molecule has 2 amide bonds. The van der Waals surface area contributed by atoms with Crippen molar-refractivity contribution in [3.8, 4) is 5.69 Å².